The van der Waals surface area contributed by atoms with Crippen molar-refractivity contribution in [3.8, 4) is 0 Å². The van der Waals surface area contributed by atoms with Gasteiger partial charge in [-0.3, -0.25) is 4.18 Å². The molecule has 0 amide bonds. The number of rotatable bonds is 6. The molecule has 0 bridgehead atoms. The number of ether oxygens (including phenoxy) is 1. The molecule has 1 saturated heterocycles. The normalized spacial score (nSPS) is 25.4. The van der Waals surface area contributed by atoms with Gasteiger partial charge in [-0.05, 0) is 43.2 Å². The number of aromatic nitrogens is 2. The molecule has 30 heavy (non-hydrogen) atoms. The Morgan fingerprint density at radius 3 is 2.93 bits per heavy atom. The number of hydrogen-bond acceptors (Lipinski definition) is 8. The van der Waals surface area contributed by atoms with E-state index < -0.39 is 10.3 Å². The number of anilines is 2. The predicted octanol–water partition coefficient (Wildman–Crippen LogP) is 1.66. The molecule has 9 nitrogen and oxygen atoms in total. The van der Waals surface area contributed by atoms with E-state index in [0.717, 1.165) is 49.4 Å². The van der Waals surface area contributed by atoms with Crippen molar-refractivity contribution in [2.45, 2.75) is 50.5 Å². The average Bonchev–Trinajstić information content (AvgIpc) is 3.44. The maximum Gasteiger partial charge on any atom is 0.333 e. The topological polar surface area (TPSA) is 120 Å². The zero-order chi connectivity index (χ0) is 20.7. The highest BCUT2D eigenvalue weighted by atomic mass is 32.2. The number of benzene rings is 1. The van der Waals surface area contributed by atoms with Crippen LogP contribution in [-0.4, -0.2) is 43.9 Å². The maximum atomic E-state index is 11.0. The van der Waals surface area contributed by atoms with Gasteiger partial charge in [0.1, 0.15) is 24.2 Å². The van der Waals surface area contributed by atoms with E-state index in [1.807, 2.05) is 0 Å². The van der Waals surface area contributed by atoms with Crippen molar-refractivity contribution < 1.29 is 17.3 Å². The summed E-state index contributed by atoms with van der Waals surface area (Å²) in [5.74, 6) is 1.77. The summed E-state index contributed by atoms with van der Waals surface area (Å²) in [7, 11) is -3.96. The maximum absolute atomic E-state index is 11.0. The van der Waals surface area contributed by atoms with Crippen LogP contribution in [0.3, 0.4) is 0 Å². The predicted molar refractivity (Wildman–Crippen MR) is 111 cm³/mol. The van der Waals surface area contributed by atoms with Crippen LogP contribution in [-0.2, 0) is 32.1 Å². The van der Waals surface area contributed by atoms with Gasteiger partial charge in [0.25, 0.3) is 0 Å². The molecule has 1 aromatic heterocycles. The summed E-state index contributed by atoms with van der Waals surface area (Å²) in [6.45, 7) is 0.727. The summed E-state index contributed by atoms with van der Waals surface area (Å²) in [5.41, 5.74) is 3.85. The van der Waals surface area contributed by atoms with Gasteiger partial charge < -0.3 is 15.0 Å². The molecular weight excluding hydrogens is 406 g/mol. The van der Waals surface area contributed by atoms with Gasteiger partial charge in [-0.1, -0.05) is 24.3 Å². The fraction of sp³-hybridized carbons (Fsp3) is 0.500. The summed E-state index contributed by atoms with van der Waals surface area (Å²) in [5, 5.41) is 8.54. The van der Waals surface area contributed by atoms with Crippen LogP contribution in [0.5, 0.6) is 0 Å². The second-order valence-electron chi connectivity index (χ2n) is 7.97. The van der Waals surface area contributed by atoms with Gasteiger partial charge in [-0.2, -0.15) is 8.42 Å². The Bertz CT molecular complexity index is 1050. The van der Waals surface area contributed by atoms with Crippen molar-refractivity contribution in [1.82, 2.24) is 9.97 Å². The highest BCUT2D eigenvalue weighted by molar-refractivity contribution is 7.84. The van der Waals surface area contributed by atoms with E-state index in [-0.39, 0.29) is 25.0 Å². The minimum Gasteiger partial charge on any atom is -0.363 e. The van der Waals surface area contributed by atoms with Crippen molar-refractivity contribution in [1.29, 1.82) is 0 Å². The molecule has 1 aliphatic carbocycles. The van der Waals surface area contributed by atoms with E-state index in [0.29, 0.717) is 6.42 Å². The molecule has 3 atom stereocenters. The highest BCUT2D eigenvalue weighted by Gasteiger charge is 2.36. The Balaban J connectivity index is 1.29. The molecule has 5 rings (SSSR count). The third-order valence-electron chi connectivity index (χ3n) is 6.09. The van der Waals surface area contributed by atoms with Crippen LogP contribution in [0, 0.1) is 0 Å². The Labute approximate surface area is 175 Å². The van der Waals surface area contributed by atoms with Crippen molar-refractivity contribution in [3.63, 3.8) is 0 Å². The Kier molecular flexibility index (Phi) is 5.10. The summed E-state index contributed by atoms with van der Waals surface area (Å²) in [6, 6.07) is 8.81. The summed E-state index contributed by atoms with van der Waals surface area (Å²) >= 11 is 0. The van der Waals surface area contributed by atoms with E-state index >= 15 is 0 Å². The molecule has 0 radical (unpaired) electrons. The zero-order valence-corrected chi connectivity index (χ0v) is 17.3. The molecule has 3 aliphatic rings. The standard InChI is InChI=1S/C20H25N5O4S/c21-30(26,27)28-11-14-6-8-18(29-14)25-10-9-16-19(22-12-23-20(16)25)24-17-7-5-13-3-1-2-4-15(13)17/h1-4,12,14,17-18H,5-11H2,(H2,21,26,27)(H,22,23,24)/t14-,17+,18?/m1/s1. The summed E-state index contributed by atoms with van der Waals surface area (Å²) in [6.07, 6.45) is 5.59. The third kappa shape index (κ3) is 3.87. The molecule has 2 aliphatic heterocycles. The lowest BCUT2D eigenvalue weighted by Crippen LogP contribution is -2.35. The lowest BCUT2D eigenvalue weighted by Gasteiger charge is -2.26. The van der Waals surface area contributed by atoms with Gasteiger partial charge in [-0.25, -0.2) is 15.1 Å². The first-order chi connectivity index (χ1) is 14.5. The van der Waals surface area contributed by atoms with E-state index in [9.17, 15) is 8.42 Å². The van der Waals surface area contributed by atoms with E-state index in [2.05, 4.69) is 48.6 Å². The second kappa shape index (κ2) is 7.77. The number of nitrogens with one attached hydrogen (secondary N) is 1. The molecule has 0 spiro atoms. The van der Waals surface area contributed by atoms with Gasteiger partial charge in [-0.15, -0.1) is 0 Å². The molecule has 1 aromatic carbocycles. The smallest absolute Gasteiger partial charge is 0.333 e. The average molecular weight is 432 g/mol. The number of nitrogens with two attached hydrogens (primary N) is 1. The van der Waals surface area contributed by atoms with Gasteiger partial charge in [0.15, 0.2) is 0 Å². The Hall–Kier alpha value is -2.27. The lowest BCUT2D eigenvalue weighted by molar-refractivity contribution is 0.0186. The first-order valence-corrected chi connectivity index (χ1v) is 11.7. The van der Waals surface area contributed by atoms with Crippen molar-refractivity contribution in [3.05, 3.63) is 47.3 Å². The number of fused-ring (bicyclic) bond motifs is 2. The minimum absolute atomic E-state index is 0.0618. The Morgan fingerprint density at radius 2 is 2.07 bits per heavy atom. The van der Waals surface area contributed by atoms with Crippen molar-refractivity contribution in [2.24, 2.45) is 5.14 Å². The molecule has 2 aromatic rings. The highest BCUT2D eigenvalue weighted by Crippen LogP contribution is 2.38. The SMILES string of the molecule is NS(=O)(=O)OC[C@H]1CCC(N2CCc3c(N[C@H]4CCc5ccccc54)ncnc32)O1. The summed E-state index contributed by atoms with van der Waals surface area (Å²) < 4.78 is 32.7. The molecule has 1 unspecified atom stereocenters. The van der Waals surface area contributed by atoms with E-state index in [1.54, 1.807) is 6.33 Å². The van der Waals surface area contributed by atoms with Crippen LogP contribution in [0.4, 0.5) is 11.6 Å². The van der Waals surface area contributed by atoms with Crippen LogP contribution in [0.25, 0.3) is 0 Å². The molecule has 160 valence electrons. The number of nitrogens with zero attached hydrogens (tertiary/aromatic N) is 3. The molecule has 3 heterocycles. The minimum atomic E-state index is -3.96. The van der Waals surface area contributed by atoms with Crippen LogP contribution in [0.15, 0.2) is 30.6 Å². The van der Waals surface area contributed by atoms with Crippen LogP contribution in [0.1, 0.15) is 42.0 Å². The zero-order valence-electron chi connectivity index (χ0n) is 16.5. The van der Waals surface area contributed by atoms with Crippen LogP contribution >= 0.6 is 0 Å². The molecule has 1 fully saturated rings. The van der Waals surface area contributed by atoms with Crippen molar-refractivity contribution in [2.75, 3.05) is 23.4 Å². The first kappa shape index (κ1) is 19.7. The number of hydrogen-bond donors (Lipinski definition) is 2. The quantitative estimate of drug-likeness (QED) is 0.709. The fourth-order valence-corrected chi connectivity index (χ4v) is 5.05. The number of aryl methyl sites for hydroxylation is 1. The molecular formula is C20H25N5O4S. The second-order valence-corrected chi connectivity index (χ2v) is 9.19. The van der Waals surface area contributed by atoms with Crippen molar-refractivity contribution >= 4 is 21.9 Å². The lowest BCUT2D eigenvalue weighted by atomic mass is 10.1. The summed E-state index contributed by atoms with van der Waals surface area (Å²) in [4.78, 5) is 11.2. The monoisotopic (exact) mass is 431 g/mol. The van der Waals surface area contributed by atoms with E-state index in [1.165, 1.54) is 11.1 Å². The van der Waals surface area contributed by atoms with Crippen LogP contribution in [0.2, 0.25) is 0 Å². The first-order valence-electron chi connectivity index (χ1n) is 10.3. The van der Waals surface area contributed by atoms with Gasteiger partial charge in [0.2, 0.25) is 0 Å². The fourth-order valence-electron chi connectivity index (χ4n) is 4.71. The molecule has 10 heteroatoms. The third-order valence-corrected chi connectivity index (χ3v) is 6.56. The van der Waals surface area contributed by atoms with Gasteiger partial charge in [0, 0.05) is 12.1 Å². The molecule has 3 N–H and O–H groups in total. The van der Waals surface area contributed by atoms with Gasteiger partial charge in [0.05, 0.1) is 18.8 Å². The molecule has 0 saturated carbocycles. The Morgan fingerprint density at radius 1 is 1.20 bits per heavy atom. The van der Waals surface area contributed by atoms with E-state index in [4.69, 9.17) is 9.88 Å². The van der Waals surface area contributed by atoms with Gasteiger partial charge >= 0.3 is 10.3 Å². The van der Waals surface area contributed by atoms with Crippen LogP contribution < -0.4 is 15.4 Å². The largest absolute Gasteiger partial charge is 0.363 e.